The number of thiazole rings is 1. The van der Waals surface area contributed by atoms with E-state index >= 15 is 0 Å². The Balaban J connectivity index is 2.08. The summed E-state index contributed by atoms with van der Waals surface area (Å²) in [5.74, 6) is 0.355. The molecule has 5 nitrogen and oxygen atoms in total. The van der Waals surface area contributed by atoms with Gasteiger partial charge >= 0.3 is 0 Å². The lowest BCUT2D eigenvalue weighted by Gasteiger charge is -2.17. The minimum absolute atomic E-state index is 0.0309. The standard InChI is InChI=1S/C16H24N4OS/c1-6-20-14(9-13(18-20)11(2)3)16(21)19(5)8-7-15-12(4)17-10-22-15/h9-11H,6-8H2,1-5H3. The zero-order valence-corrected chi connectivity index (χ0v) is 14.8. The molecule has 0 radical (unpaired) electrons. The van der Waals surface area contributed by atoms with Crippen molar-refractivity contribution in [2.45, 2.75) is 46.6 Å². The summed E-state index contributed by atoms with van der Waals surface area (Å²) in [7, 11) is 1.85. The van der Waals surface area contributed by atoms with Gasteiger partial charge in [-0.25, -0.2) is 4.98 Å². The van der Waals surface area contributed by atoms with E-state index in [1.807, 2.05) is 32.5 Å². The Labute approximate surface area is 136 Å². The summed E-state index contributed by atoms with van der Waals surface area (Å²) in [4.78, 5) is 19.9. The van der Waals surface area contributed by atoms with Crippen LogP contribution in [-0.4, -0.2) is 39.2 Å². The van der Waals surface area contributed by atoms with E-state index in [2.05, 4.69) is 23.9 Å². The first-order valence-electron chi connectivity index (χ1n) is 7.66. The molecule has 6 heteroatoms. The zero-order chi connectivity index (χ0) is 16.3. The summed E-state index contributed by atoms with van der Waals surface area (Å²) >= 11 is 1.65. The molecule has 0 spiro atoms. The smallest absolute Gasteiger partial charge is 0.271 e. The number of hydrogen-bond acceptors (Lipinski definition) is 4. The predicted molar refractivity (Wildman–Crippen MR) is 89.5 cm³/mol. The van der Waals surface area contributed by atoms with E-state index in [9.17, 15) is 4.79 Å². The first kappa shape index (κ1) is 16.7. The number of aromatic nitrogens is 3. The largest absolute Gasteiger partial charge is 0.340 e. The van der Waals surface area contributed by atoms with Crippen LogP contribution in [0.4, 0.5) is 0 Å². The highest BCUT2D eigenvalue weighted by Gasteiger charge is 2.19. The summed E-state index contributed by atoms with van der Waals surface area (Å²) < 4.78 is 1.80. The van der Waals surface area contributed by atoms with Crippen molar-refractivity contribution in [2.75, 3.05) is 13.6 Å². The Bertz CT molecular complexity index is 644. The second-order valence-electron chi connectivity index (χ2n) is 5.76. The van der Waals surface area contributed by atoms with Crippen LogP contribution in [0.15, 0.2) is 11.6 Å². The Morgan fingerprint density at radius 3 is 2.73 bits per heavy atom. The van der Waals surface area contributed by atoms with Crippen molar-refractivity contribution in [1.82, 2.24) is 19.7 Å². The maximum absolute atomic E-state index is 12.7. The van der Waals surface area contributed by atoms with Crippen LogP contribution in [0.2, 0.25) is 0 Å². The summed E-state index contributed by atoms with van der Waals surface area (Å²) in [5, 5.41) is 4.52. The molecular weight excluding hydrogens is 296 g/mol. The fraction of sp³-hybridized carbons (Fsp3) is 0.562. The molecule has 0 aliphatic rings. The van der Waals surface area contributed by atoms with Gasteiger partial charge in [-0.2, -0.15) is 5.10 Å². The molecular formula is C16H24N4OS. The van der Waals surface area contributed by atoms with E-state index in [1.54, 1.807) is 20.9 Å². The molecule has 0 N–H and O–H groups in total. The van der Waals surface area contributed by atoms with Gasteiger partial charge in [-0.15, -0.1) is 11.3 Å². The van der Waals surface area contributed by atoms with Crippen LogP contribution < -0.4 is 0 Å². The molecule has 2 heterocycles. The Morgan fingerprint density at radius 2 is 2.18 bits per heavy atom. The third-order valence-electron chi connectivity index (χ3n) is 3.77. The molecule has 2 aromatic rings. The van der Waals surface area contributed by atoms with Crippen LogP contribution in [-0.2, 0) is 13.0 Å². The first-order valence-corrected chi connectivity index (χ1v) is 8.54. The van der Waals surface area contributed by atoms with Gasteiger partial charge in [0.2, 0.25) is 0 Å². The predicted octanol–water partition coefficient (Wildman–Crippen LogP) is 3.11. The van der Waals surface area contributed by atoms with Crippen molar-refractivity contribution < 1.29 is 4.79 Å². The summed E-state index contributed by atoms with van der Waals surface area (Å²) in [6, 6.07) is 1.92. The molecule has 1 amide bonds. The van der Waals surface area contributed by atoms with Gasteiger partial charge in [0.1, 0.15) is 5.69 Å². The summed E-state index contributed by atoms with van der Waals surface area (Å²) in [6.07, 6.45) is 0.843. The number of aryl methyl sites for hydroxylation is 2. The average molecular weight is 320 g/mol. The number of likely N-dealkylation sites (N-methyl/N-ethyl adjacent to an activating group) is 1. The van der Waals surface area contributed by atoms with Gasteiger partial charge in [-0.1, -0.05) is 13.8 Å². The van der Waals surface area contributed by atoms with Crippen molar-refractivity contribution in [1.29, 1.82) is 0 Å². The molecule has 120 valence electrons. The van der Waals surface area contributed by atoms with Gasteiger partial charge in [0.25, 0.3) is 5.91 Å². The SMILES string of the molecule is CCn1nc(C(C)C)cc1C(=O)N(C)CCc1scnc1C. The van der Waals surface area contributed by atoms with E-state index in [-0.39, 0.29) is 5.91 Å². The minimum atomic E-state index is 0.0309. The molecule has 0 aliphatic heterocycles. The molecule has 22 heavy (non-hydrogen) atoms. The molecule has 0 aliphatic carbocycles. The Hall–Kier alpha value is -1.69. The van der Waals surface area contributed by atoms with Gasteiger partial charge < -0.3 is 4.90 Å². The van der Waals surface area contributed by atoms with Crippen molar-refractivity contribution >= 4 is 17.2 Å². The fourth-order valence-electron chi connectivity index (χ4n) is 2.26. The van der Waals surface area contributed by atoms with Gasteiger partial charge in [0.15, 0.2) is 0 Å². The van der Waals surface area contributed by atoms with Crippen LogP contribution >= 0.6 is 11.3 Å². The summed E-state index contributed by atoms with van der Waals surface area (Å²) in [6.45, 7) is 9.59. The second-order valence-corrected chi connectivity index (χ2v) is 6.70. The number of amides is 1. The third-order valence-corrected chi connectivity index (χ3v) is 4.77. The summed E-state index contributed by atoms with van der Waals surface area (Å²) in [5.41, 5.74) is 4.56. The van der Waals surface area contributed by atoms with Crippen LogP contribution in [0.1, 0.15) is 53.4 Å². The van der Waals surface area contributed by atoms with Gasteiger partial charge in [-0.05, 0) is 25.8 Å². The van der Waals surface area contributed by atoms with Crippen molar-refractivity contribution in [3.63, 3.8) is 0 Å². The van der Waals surface area contributed by atoms with Crippen molar-refractivity contribution in [3.8, 4) is 0 Å². The molecule has 0 bridgehead atoms. The molecule has 0 aromatic carbocycles. The van der Waals surface area contributed by atoms with Crippen LogP contribution in [0, 0.1) is 6.92 Å². The molecule has 0 atom stereocenters. The normalized spacial score (nSPS) is 11.2. The molecule has 0 fully saturated rings. The lowest BCUT2D eigenvalue weighted by molar-refractivity contribution is 0.0784. The van der Waals surface area contributed by atoms with E-state index < -0.39 is 0 Å². The monoisotopic (exact) mass is 320 g/mol. The molecule has 2 rings (SSSR count). The van der Waals surface area contributed by atoms with Crippen LogP contribution in [0.5, 0.6) is 0 Å². The topological polar surface area (TPSA) is 51.0 Å². The second kappa shape index (κ2) is 7.05. The first-order chi connectivity index (χ1) is 10.4. The van der Waals surface area contributed by atoms with E-state index in [0.29, 0.717) is 24.7 Å². The number of carbonyl (C=O) groups excluding carboxylic acids is 1. The van der Waals surface area contributed by atoms with Crippen molar-refractivity contribution in [2.24, 2.45) is 0 Å². The number of hydrogen-bond donors (Lipinski definition) is 0. The highest BCUT2D eigenvalue weighted by atomic mass is 32.1. The highest BCUT2D eigenvalue weighted by molar-refractivity contribution is 7.09. The maximum atomic E-state index is 12.7. The number of rotatable bonds is 6. The third kappa shape index (κ3) is 3.55. The lowest BCUT2D eigenvalue weighted by Crippen LogP contribution is -2.30. The molecule has 0 saturated heterocycles. The van der Waals surface area contributed by atoms with Gasteiger partial charge in [-0.3, -0.25) is 9.48 Å². The molecule has 2 aromatic heterocycles. The maximum Gasteiger partial charge on any atom is 0.271 e. The quantitative estimate of drug-likeness (QED) is 0.822. The van der Waals surface area contributed by atoms with Crippen LogP contribution in [0.3, 0.4) is 0 Å². The highest BCUT2D eigenvalue weighted by Crippen LogP contribution is 2.17. The van der Waals surface area contributed by atoms with Gasteiger partial charge in [0, 0.05) is 31.4 Å². The van der Waals surface area contributed by atoms with Gasteiger partial charge in [0.05, 0.1) is 16.9 Å². The zero-order valence-electron chi connectivity index (χ0n) is 14.0. The molecule has 0 saturated carbocycles. The van der Waals surface area contributed by atoms with E-state index in [4.69, 9.17) is 0 Å². The number of nitrogens with zero attached hydrogens (tertiary/aromatic N) is 4. The molecule has 0 unspecified atom stereocenters. The van der Waals surface area contributed by atoms with Crippen molar-refractivity contribution in [3.05, 3.63) is 33.5 Å². The minimum Gasteiger partial charge on any atom is -0.340 e. The number of carbonyl (C=O) groups is 1. The van der Waals surface area contributed by atoms with E-state index in [0.717, 1.165) is 17.8 Å². The Kier molecular flexibility index (Phi) is 5.34. The fourth-order valence-corrected chi connectivity index (χ4v) is 3.03. The Morgan fingerprint density at radius 1 is 1.45 bits per heavy atom. The lowest BCUT2D eigenvalue weighted by atomic mass is 10.1. The average Bonchev–Trinajstić information content (AvgIpc) is 3.10. The van der Waals surface area contributed by atoms with E-state index in [1.165, 1.54) is 4.88 Å². The van der Waals surface area contributed by atoms with Crippen LogP contribution in [0.25, 0.3) is 0 Å².